The first-order chi connectivity index (χ1) is 7.13. The number of halogens is 1. The minimum atomic E-state index is 0.0287. The fraction of sp³-hybridized carbons (Fsp3) is 0.455. The van der Waals surface area contributed by atoms with Crippen LogP contribution < -0.4 is 15.4 Å². The summed E-state index contributed by atoms with van der Waals surface area (Å²) in [6, 6.07) is 5.96. The van der Waals surface area contributed by atoms with E-state index >= 15 is 0 Å². The monoisotopic (exact) mass is 226 g/mol. The highest BCUT2D eigenvalue weighted by molar-refractivity contribution is 6.30. The highest BCUT2D eigenvalue weighted by Crippen LogP contribution is 2.36. The molecule has 1 heterocycles. The topological polar surface area (TPSA) is 38.5 Å². The van der Waals surface area contributed by atoms with Crippen LogP contribution in [0, 0.1) is 0 Å². The zero-order chi connectivity index (χ0) is 11.0. The van der Waals surface area contributed by atoms with E-state index in [0.717, 1.165) is 11.4 Å². The van der Waals surface area contributed by atoms with Gasteiger partial charge in [0.1, 0.15) is 11.9 Å². The van der Waals surface area contributed by atoms with Gasteiger partial charge in [-0.3, -0.25) is 0 Å². The van der Waals surface area contributed by atoms with E-state index in [9.17, 15) is 0 Å². The molecule has 2 rings (SSSR count). The maximum Gasteiger partial charge on any atom is 0.144 e. The van der Waals surface area contributed by atoms with Crippen molar-refractivity contribution >= 4 is 17.3 Å². The number of nitrogens with zero attached hydrogens (tertiary/aromatic N) is 1. The van der Waals surface area contributed by atoms with E-state index in [0.29, 0.717) is 11.6 Å². The summed E-state index contributed by atoms with van der Waals surface area (Å²) in [5.41, 5.74) is 6.73. The Morgan fingerprint density at radius 2 is 2.27 bits per heavy atom. The van der Waals surface area contributed by atoms with Gasteiger partial charge in [-0.15, -0.1) is 0 Å². The SMILES string of the molecule is CC1C(CN)Oc2cc(Cl)ccc2N1C. The van der Waals surface area contributed by atoms with E-state index in [-0.39, 0.29) is 12.1 Å². The summed E-state index contributed by atoms with van der Waals surface area (Å²) >= 11 is 5.92. The molecule has 15 heavy (non-hydrogen) atoms. The molecular formula is C11H15ClN2O. The predicted molar refractivity (Wildman–Crippen MR) is 62.8 cm³/mol. The summed E-state index contributed by atoms with van der Waals surface area (Å²) in [5.74, 6) is 0.818. The maximum absolute atomic E-state index is 5.92. The number of fused-ring (bicyclic) bond motifs is 1. The smallest absolute Gasteiger partial charge is 0.144 e. The van der Waals surface area contributed by atoms with Gasteiger partial charge in [0.15, 0.2) is 0 Å². The summed E-state index contributed by atoms with van der Waals surface area (Å²) in [6.45, 7) is 2.62. The lowest BCUT2D eigenvalue weighted by atomic mass is 10.1. The minimum Gasteiger partial charge on any atom is -0.485 e. The third kappa shape index (κ3) is 1.77. The molecule has 1 aliphatic rings. The Balaban J connectivity index is 2.40. The van der Waals surface area contributed by atoms with Gasteiger partial charge in [0.25, 0.3) is 0 Å². The van der Waals surface area contributed by atoms with Crippen LogP contribution in [0.5, 0.6) is 5.75 Å². The molecule has 0 amide bonds. The molecule has 0 radical (unpaired) electrons. The van der Waals surface area contributed by atoms with Crippen LogP contribution in [0.3, 0.4) is 0 Å². The molecule has 82 valence electrons. The van der Waals surface area contributed by atoms with E-state index in [1.54, 1.807) is 0 Å². The molecule has 0 bridgehead atoms. The molecule has 4 heteroatoms. The molecule has 2 unspecified atom stereocenters. The summed E-state index contributed by atoms with van der Waals surface area (Å²) in [4.78, 5) is 2.17. The Kier molecular flexibility index (Phi) is 2.76. The second kappa shape index (κ2) is 3.91. The molecule has 0 aromatic heterocycles. The summed E-state index contributed by atoms with van der Waals surface area (Å²) in [7, 11) is 2.04. The Hall–Kier alpha value is -0.930. The van der Waals surface area contributed by atoms with Gasteiger partial charge in [0, 0.05) is 24.7 Å². The molecule has 0 spiro atoms. The van der Waals surface area contributed by atoms with Crippen molar-refractivity contribution in [2.24, 2.45) is 5.73 Å². The van der Waals surface area contributed by atoms with Crippen LogP contribution in [-0.4, -0.2) is 25.7 Å². The Morgan fingerprint density at radius 3 is 2.93 bits per heavy atom. The largest absolute Gasteiger partial charge is 0.485 e. The number of anilines is 1. The lowest BCUT2D eigenvalue weighted by Gasteiger charge is -2.39. The van der Waals surface area contributed by atoms with Gasteiger partial charge in [-0.2, -0.15) is 0 Å². The molecular weight excluding hydrogens is 212 g/mol. The quantitative estimate of drug-likeness (QED) is 0.795. The number of benzene rings is 1. The average molecular weight is 227 g/mol. The van der Waals surface area contributed by atoms with Gasteiger partial charge in [0.05, 0.1) is 11.7 Å². The van der Waals surface area contributed by atoms with Crippen molar-refractivity contribution in [3.63, 3.8) is 0 Å². The lowest BCUT2D eigenvalue weighted by Crippen LogP contribution is -2.49. The van der Waals surface area contributed by atoms with Crippen LogP contribution in [0.4, 0.5) is 5.69 Å². The fourth-order valence-electron chi connectivity index (χ4n) is 1.85. The van der Waals surface area contributed by atoms with E-state index in [2.05, 4.69) is 11.8 Å². The van der Waals surface area contributed by atoms with Gasteiger partial charge in [0.2, 0.25) is 0 Å². The lowest BCUT2D eigenvalue weighted by molar-refractivity contribution is 0.168. The Bertz CT molecular complexity index is 370. The Labute approximate surface area is 94.8 Å². The van der Waals surface area contributed by atoms with E-state index in [4.69, 9.17) is 22.1 Å². The van der Waals surface area contributed by atoms with Crippen molar-refractivity contribution in [2.45, 2.75) is 19.1 Å². The zero-order valence-corrected chi connectivity index (χ0v) is 9.66. The molecule has 0 fully saturated rings. The zero-order valence-electron chi connectivity index (χ0n) is 8.90. The number of nitrogens with two attached hydrogens (primary N) is 1. The summed E-state index contributed by atoms with van der Waals surface area (Å²) in [5, 5.41) is 0.687. The van der Waals surface area contributed by atoms with Crippen LogP contribution in [0.15, 0.2) is 18.2 Å². The van der Waals surface area contributed by atoms with Crippen molar-refractivity contribution in [3.05, 3.63) is 23.2 Å². The molecule has 1 aromatic rings. The third-order valence-electron chi connectivity index (χ3n) is 2.96. The van der Waals surface area contributed by atoms with E-state index < -0.39 is 0 Å². The van der Waals surface area contributed by atoms with Gasteiger partial charge in [-0.25, -0.2) is 0 Å². The molecule has 0 saturated carbocycles. The second-order valence-electron chi connectivity index (χ2n) is 3.86. The first-order valence-electron chi connectivity index (χ1n) is 5.02. The van der Waals surface area contributed by atoms with Crippen LogP contribution in [-0.2, 0) is 0 Å². The van der Waals surface area contributed by atoms with Crippen LogP contribution >= 0.6 is 11.6 Å². The van der Waals surface area contributed by atoms with Gasteiger partial charge < -0.3 is 15.4 Å². The van der Waals surface area contributed by atoms with Crippen LogP contribution in [0.2, 0.25) is 5.02 Å². The molecule has 2 atom stereocenters. The first kappa shape index (κ1) is 10.6. The van der Waals surface area contributed by atoms with E-state index in [1.807, 2.05) is 25.2 Å². The average Bonchev–Trinajstić information content (AvgIpc) is 2.23. The number of likely N-dealkylation sites (N-methyl/N-ethyl adjacent to an activating group) is 1. The molecule has 1 aromatic carbocycles. The summed E-state index contributed by atoms with van der Waals surface area (Å²) < 4.78 is 5.79. The van der Waals surface area contributed by atoms with Crippen LogP contribution in [0.25, 0.3) is 0 Å². The predicted octanol–water partition coefficient (Wildman–Crippen LogP) is 1.88. The van der Waals surface area contributed by atoms with Gasteiger partial charge >= 0.3 is 0 Å². The standard InChI is InChI=1S/C11H15ClN2O/c1-7-11(6-13)15-10-5-8(12)3-4-9(10)14(7)2/h3-5,7,11H,6,13H2,1-2H3. The van der Waals surface area contributed by atoms with Crippen molar-refractivity contribution < 1.29 is 4.74 Å². The molecule has 0 aliphatic carbocycles. The minimum absolute atomic E-state index is 0.0287. The number of hydrogen-bond donors (Lipinski definition) is 1. The highest BCUT2D eigenvalue weighted by Gasteiger charge is 2.29. The van der Waals surface area contributed by atoms with Crippen LogP contribution in [0.1, 0.15) is 6.92 Å². The number of rotatable bonds is 1. The number of ether oxygens (including phenoxy) is 1. The molecule has 0 saturated heterocycles. The normalized spacial score (nSPS) is 24.7. The molecule has 1 aliphatic heterocycles. The van der Waals surface area contributed by atoms with Crippen molar-refractivity contribution in [1.29, 1.82) is 0 Å². The summed E-state index contributed by atoms with van der Waals surface area (Å²) in [6.07, 6.45) is 0.0287. The van der Waals surface area contributed by atoms with Gasteiger partial charge in [-0.1, -0.05) is 11.6 Å². The molecule has 3 nitrogen and oxygen atoms in total. The highest BCUT2D eigenvalue weighted by atomic mass is 35.5. The van der Waals surface area contributed by atoms with E-state index in [1.165, 1.54) is 0 Å². The third-order valence-corrected chi connectivity index (χ3v) is 3.20. The number of hydrogen-bond acceptors (Lipinski definition) is 3. The van der Waals surface area contributed by atoms with Crippen molar-refractivity contribution in [1.82, 2.24) is 0 Å². The first-order valence-corrected chi connectivity index (χ1v) is 5.40. The second-order valence-corrected chi connectivity index (χ2v) is 4.29. The van der Waals surface area contributed by atoms with Crippen molar-refractivity contribution in [3.8, 4) is 5.75 Å². The fourth-order valence-corrected chi connectivity index (χ4v) is 2.01. The van der Waals surface area contributed by atoms with Gasteiger partial charge in [-0.05, 0) is 19.1 Å². The Morgan fingerprint density at radius 1 is 1.53 bits per heavy atom. The molecule has 2 N–H and O–H groups in total. The maximum atomic E-state index is 5.92. The van der Waals surface area contributed by atoms with Crippen molar-refractivity contribution in [2.75, 3.05) is 18.5 Å².